The average molecular weight is 411 g/mol. The van der Waals surface area contributed by atoms with Gasteiger partial charge in [0.25, 0.3) is 0 Å². The molecule has 28 heavy (non-hydrogen) atoms. The minimum atomic E-state index is -3.71. The van der Waals surface area contributed by atoms with Gasteiger partial charge in [0.15, 0.2) is 0 Å². The van der Waals surface area contributed by atoms with Crippen LogP contribution in [0.4, 0.5) is 0 Å². The second kappa shape index (κ2) is 9.74. The van der Waals surface area contributed by atoms with Crippen molar-refractivity contribution in [3.8, 4) is 5.75 Å². The number of benzene rings is 1. The van der Waals surface area contributed by atoms with E-state index in [1.54, 1.807) is 12.1 Å². The summed E-state index contributed by atoms with van der Waals surface area (Å²) in [7, 11) is -2.18. The van der Waals surface area contributed by atoms with E-state index in [4.69, 9.17) is 4.74 Å². The van der Waals surface area contributed by atoms with Crippen LogP contribution in [0.5, 0.6) is 5.75 Å². The summed E-state index contributed by atoms with van der Waals surface area (Å²) in [5.74, 6) is 1.51. The van der Waals surface area contributed by atoms with Gasteiger partial charge in [0, 0.05) is 18.5 Å². The number of hydrogen-bond acceptors (Lipinski definition) is 4. The Kier molecular flexibility index (Phi) is 7.89. The molecule has 6 nitrogen and oxygen atoms in total. The van der Waals surface area contributed by atoms with E-state index in [9.17, 15) is 13.2 Å². The summed E-state index contributed by atoms with van der Waals surface area (Å²) in [5, 5.41) is 3.13. The van der Waals surface area contributed by atoms with Crippen molar-refractivity contribution in [3.63, 3.8) is 0 Å². The van der Waals surface area contributed by atoms with Crippen LogP contribution in [0.3, 0.4) is 0 Å². The van der Waals surface area contributed by atoms with Gasteiger partial charge in [0.1, 0.15) is 5.75 Å². The first kappa shape index (κ1) is 22.7. The number of hydrogen-bond donors (Lipinski definition) is 2. The zero-order valence-corrected chi connectivity index (χ0v) is 18.4. The number of amides is 1. The van der Waals surface area contributed by atoms with Crippen LogP contribution in [-0.4, -0.2) is 33.5 Å². The normalized spacial score (nSPS) is 24.0. The highest BCUT2D eigenvalue weighted by atomic mass is 32.2. The highest BCUT2D eigenvalue weighted by Crippen LogP contribution is 2.29. The topological polar surface area (TPSA) is 84.5 Å². The second-order valence-corrected chi connectivity index (χ2v) is 10.0. The summed E-state index contributed by atoms with van der Waals surface area (Å²) < 4.78 is 33.2. The van der Waals surface area contributed by atoms with Crippen LogP contribution < -0.4 is 14.8 Å². The molecule has 1 fully saturated rings. The summed E-state index contributed by atoms with van der Waals surface area (Å²) in [6, 6.07) is 5.92. The minimum Gasteiger partial charge on any atom is -0.497 e. The van der Waals surface area contributed by atoms with E-state index < -0.39 is 16.1 Å². The minimum absolute atomic E-state index is 0.0125. The monoisotopic (exact) mass is 410 g/mol. The van der Waals surface area contributed by atoms with Crippen molar-refractivity contribution in [3.05, 3.63) is 24.3 Å². The molecule has 0 spiro atoms. The van der Waals surface area contributed by atoms with E-state index in [1.165, 1.54) is 25.7 Å². The molecule has 1 aromatic carbocycles. The van der Waals surface area contributed by atoms with Crippen molar-refractivity contribution in [2.24, 2.45) is 17.8 Å². The first-order valence-electron chi connectivity index (χ1n) is 10.1. The SMILES string of the molecule is COc1ccc(S(=O)(=O)NC(CC(=O)NC2CCCC(C)C2C)C(C)C)cc1. The van der Waals surface area contributed by atoms with Crippen LogP contribution in [0, 0.1) is 17.8 Å². The molecule has 4 atom stereocenters. The van der Waals surface area contributed by atoms with Crippen molar-refractivity contribution in [1.82, 2.24) is 10.0 Å². The van der Waals surface area contributed by atoms with Crippen LogP contribution >= 0.6 is 0 Å². The number of sulfonamides is 1. The molecule has 0 aliphatic heterocycles. The predicted molar refractivity (Wildman–Crippen MR) is 111 cm³/mol. The van der Waals surface area contributed by atoms with Gasteiger partial charge >= 0.3 is 0 Å². The lowest BCUT2D eigenvalue weighted by Gasteiger charge is -2.35. The molecular weight excluding hydrogens is 376 g/mol. The molecule has 0 bridgehead atoms. The van der Waals surface area contributed by atoms with E-state index in [2.05, 4.69) is 23.9 Å². The van der Waals surface area contributed by atoms with E-state index in [-0.39, 0.29) is 29.2 Å². The van der Waals surface area contributed by atoms with Gasteiger partial charge in [-0.15, -0.1) is 0 Å². The summed E-state index contributed by atoms with van der Waals surface area (Å²) in [4.78, 5) is 12.8. The molecule has 0 aromatic heterocycles. The first-order valence-corrected chi connectivity index (χ1v) is 11.6. The molecule has 4 unspecified atom stereocenters. The Balaban J connectivity index is 2.02. The second-order valence-electron chi connectivity index (χ2n) is 8.29. The summed E-state index contributed by atoms with van der Waals surface area (Å²) >= 11 is 0. The van der Waals surface area contributed by atoms with Gasteiger partial charge in [-0.2, -0.15) is 0 Å². The molecular formula is C21H34N2O4S. The fraction of sp³-hybridized carbons (Fsp3) is 0.667. The molecule has 7 heteroatoms. The fourth-order valence-corrected chi connectivity index (χ4v) is 5.07. The molecule has 1 saturated carbocycles. The van der Waals surface area contributed by atoms with Gasteiger partial charge < -0.3 is 10.1 Å². The third-order valence-electron chi connectivity index (χ3n) is 5.94. The standard InChI is InChI=1S/C21H34N2O4S/c1-14(2)20(13-21(24)22-19-8-6-7-15(3)16(19)4)23-28(25,26)18-11-9-17(27-5)10-12-18/h9-12,14-16,19-20,23H,6-8,13H2,1-5H3,(H,22,24). The summed E-state index contributed by atoms with van der Waals surface area (Å²) in [6.45, 7) is 8.24. The van der Waals surface area contributed by atoms with Crippen molar-refractivity contribution in [2.75, 3.05) is 7.11 Å². The van der Waals surface area contributed by atoms with Gasteiger partial charge in [0.05, 0.1) is 12.0 Å². The number of rotatable bonds is 8. The lowest BCUT2D eigenvalue weighted by Crippen LogP contribution is -2.47. The summed E-state index contributed by atoms with van der Waals surface area (Å²) in [6.07, 6.45) is 3.43. The Morgan fingerprint density at radius 3 is 2.39 bits per heavy atom. The largest absolute Gasteiger partial charge is 0.497 e. The van der Waals surface area contributed by atoms with Crippen LogP contribution in [0.1, 0.15) is 53.4 Å². The van der Waals surface area contributed by atoms with Gasteiger partial charge in [-0.1, -0.05) is 40.5 Å². The highest BCUT2D eigenvalue weighted by Gasteiger charge is 2.30. The van der Waals surface area contributed by atoms with E-state index in [0.29, 0.717) is 17.6 Å². The Hall–Kier alpha value is -1.60. The maximum atomic E-state index is 12.7. The van der Waals surface area contributed by atoms with Crippen LogP contribution in [-0.2, 0) is 14.8 Å². The molecule has 2 rings (SSSR count). The number of ether oxygens (including phenoxy) is 1. The Morgan fingerprint density at radius 2 is 1.82 bits per heavy atom. The Labute approximate surface area is 169 Å². The number of methoxy groups -OCH3 is 1. The lowest BCUT2D eigenvalue weighted by molar-refractivity contribution is -0.123. The van der Waals surface area contributed by atoms with Crippen molar-refractivity contribution in [2.45, 2.75) is 70.4 Å². The highest BCUT2D eigenvalue weighted by molar-refractivity contribution is 7.89. The molecule has 1 amide bonds. The quantitative estimate of drug-likeness (QED) is 0.688. The van der Waals surface area contributed by atoms with Crippen LogP contribution in [0.15, 0.2) is 29.2 Å². The van der Waals surface area contributed by atoms with E-state index in [1.807, 2.05) is 13.8 Å². The van der Waals surface area contributed by atoms with Gasteiger partial charge in [-0.25, -0.2) is 13.1 Å². The molecule has 2 N–H and O–H groups in total. The molecule has 0 radical (unpaired) electrons. The number of carbonyl (C=O) groups is 1. The zero-order valence-electron chi connectivity index (χ0n) is 17.6. The number of carbonyl (C=O) groups excluding carboxylic acids is 1. The van der Waals surface area contributed by atoms with E-state index in [0.717, 1.165) is 12.8 Å². The van der Waals surface area contributed by atoms with Crippen molar-refractivity contribution >= 4 is 15.9 Å². The van der Waals surface area contributed by atoms with Crippen LogP contribution in [0.2, 0.25) is 0 Å². The predicted octanol–water partition coefficient (Wildman–Crippen LogP) is 3.33. The third kappa shape index (κ3) is 5.95. The molecule has 0 heterocycles. The third-order valence-corrected chi connectivity index (χ3v) is 7.45. The molecule has 158 valence electrons. The molecule has 1 aliphatic carbocycles. The van der Waals surface area contributed by atoms with E-state index >= 15 is 0 Å². The lowest BCUT2D eigenvalue weighted by atomic mass is 9.78. The van der Waals surface area contributed by atoms with Crippen LogP contribution in [0.25, 0.3) is 0 Å². The molecule has 0 saturated heterocycles. The maximum Gasteiger partial charge on any atom is 0.240 e. The van der Waals surface area contributed by atoms with Gasteiger partial charge in [-0.05, 0) is 48.4 Å². The molecule has 1 aromatic rings. The van der Waals surface area contributed by atoms with Gasteiger partial charge in [-0.3, -0.25) is 4.79 Å². The molecule has 1 aliphatic rings. The first-order chi connectivity index (χ1) is 13.1. The smallest absolute Gasteiger partial charge is 0.240 e. The fourth-order valence-electron chi connectivity index (χ4n) is 3.69. The van der Waals surface area contributed by atoms with Gasteiger partial charge in [0.2, 0.25) is 15.9 Å². The van der Waals surface area contributed by atoms with Crippen molar-refractivity contribution < 1.29 is 17.9 Å². The maximum absolute atomic E-state index is 12.7. The Morgan fingerprint density at radius 1 is 1.18 bits per heavy atom. The average Bonchev–Trinajstić information content (AvgIpc) is 2.64. The zero-order chi connectivity index (χ0) is 20.9. The Bertz CT molecular complexity index is 746. The summed E-state index contributed by atoms with van der Waals surface area (Å²) in [5.41, 5.74) is 0. The van der Waals surface area contributed by atoms with Crippen molar-refractivity contribution in [1.29, 1.82) is 0 Å². The number of nitrogens with one attached hydrogen (secondary N) is 2.